The maximum absolute atomic E-state index is 12.3. The first-order valence-corrected chi connectivity index (χ1v) is 6.49. The van der Waals surface area contributed by atoms with E-state index in [1.807, 2.05) is 6.07 Å². The maximum atomic E-state index is 12.3. The SMILES string of the molecule is CC1(C(=O)O)CCN(C(=O)c2cccc(C#N)c2)CC1. The average Bonchev–Trinajstić information content (AvgIpc) is 2.47. The highest BCUT2D eigenvalue weighted by atomic mass is 16.4. The maximum Gasteiger partial charge on any atom is 0.309 e. The number of carboxylic acid groups (broad SMARTS) is 1. The Kier molecular flexibility index (Phi) is 3.75. The number of piperidine rings is 1. The molecule has 1 N–H and O–H groups in total. The van der Waals surface area contributed by atoms with Crippen LogP contribution in [0.2, 0.25) is 0 Å². The summed E-state index contributed by atoms with van der Waals surface area (Å²) in [6.07, 6.45) is 0.901. The van der Waals surface area contributed by atoms with Gasteiger partial charge >= 0.3 is 5.97 Å². The monoisotopic (exact) mass is 272 g/mol. The van der Waals surface area contributed by atoms with Crippen LogP contribution in [-0.4, -0.2) is 35.0 Å². The topological polar surface area (TPSA) is 81.4 Å². The summed E-state index contributed by atoms with van der Waals surface area (Å²) in [6.45, 7) is 2.57. The predicted octanol–water partition coefficient (Wildman–Crippen LogP) is 1.89. The third-order valence-corrected chi connectivity index (χ3v) is 3.91. The molecule has 1 amide bonds. The third kappa shape index (κ3) is 2.64. The van der Waals surface area contributed by atoms with Crippen LogP contribution < -0.4 is 0 Å². The van der Waals surface area contributed by atoms with E-state index in [1.54, 1.807) is 36.1 Å². The second kappa shape index (κ2) is 5.33. The van der Waals surface area contributed by atoms with Gasteiger partial charge < -0.3 is 10.0 Å². The van der Waals surface area contributed by atoms with Gasteiger partial charge in [-0.05, 0) is 38.0 Å². The van der Waals surface area contributed by atoms with Crippen LogP contribution in [-0.2, 0) is 4.79 Å². The quantitative estimate of drug-likeness (QED) is 0.891. The molecule has 20 heavy (non-hydrogen) atoms. The first-order valence-electron chi connectivity index (χ1n) is 6.49. The number of likely N-dealkylation sites (tertiary alicyclic amines) is 1. The summed E-state index contributed by atoms with van der Waals surface area (Å²) in [5.74, 6) is -0.953. The smallest absolute Gasteiger partial charge is 0.309 e. The van der Waals surface area contributed by atoms with E-state index in [4.69, 9.17) is 10.4 Å². The van der Waals surface area contributed by atoms with Gasteiger partial charge in [-0.15, -0.1) is 0 Å². The number of benzene rings is 1. The molecule has 1 saturated heterocycles. The second-order valence-electron chi connectivity index (χ2n) is 5.35. The van der Waals surface area contributed by atoms with E-state index in [2.05, 4.69) is 0 Å². The zero-order valence-corrected chi connectivity index (χ0v) is 11.3. The van der Waals surface area contributed by atoms with E-state index in [0.29, 0.717) is 37.1 Å². The molecule has 0 radical (unpaired) electrons. The molecule has 5 heteroatoms. The average molecular weight is 272 g/mol. The zero-order chi connectivity index (χ0) is 14.8. The Hall–Kier alpha value is -2.35. The van der Waals surface area contributed by atoms with Crippen molar-refractivity contribution in [1.29, 1.82) is 5.26 Å². The summed E-state index contributed by atoms with van der Waals surface area (Å²) < 4.78 is 0. The Morgan fingerprint density at radius 1 is 1.35 bits per heavy atom. The molecule has 0 unspecified atom stereocenters. The summed E-state index contributed by atoms with van der Waals surface area (Å²) >= 11 is 0. The molecular weight excluding hydrogens is 256 g/mol. The van der Waals surface area contributed by atoms with Crippen molar-refractivity contribution in [3.05, 3.63) is 35.4 Å². The van der Waals surface area contributed by atoms with Gasteiger partial charge in [0.2, 0.25) is 0 Å². The van der Waals surface area contributed by atoms with Crippen molar-refractivity contribution in [1.82, 2.24) is 4.90 Å². The van der Waals surface area contributed by atoms with Crippen molar-refractivity contribution in [2.24, 2.45) is 5.41 Å². The van der Waals surface area contributed by atoms with Crippen LogP contribution in [0.5, 0.6) is 0 Å². The van der Waals surface area contributed by atoms with Crippen LogP contribution in [0.15, 0.2) is 24.3 Å². The van der Waals surface area contributed by atoms with Crippen LogP contribution >= 0.6 is 0 Å². The highest BCUT2D eigenvalue weighted by molar-refractivity contribution is 5.94. The Balaban J connectivity index is 2.09. The first kappa shape index (κ1) is 14.1. The van der Waals surface area contributed by atoms with E-state index in [-0.39, 0.29) is 5.91 Å². The summed E-state index contributed by atoms with van der Waals surface area (Å²) in [5, 5.41) is 18.0. The van der Waals surface area contributed by atoms with E-state index >= 15 is 0 Å². The number of carboxylic acids is 1. The van der Waals surface area contributed by atoms with Crippen LogP contribution in [0.1, 0.15) is 35.7 Å². The molecule has 0 saturated carbocycles. The molecule has 0 spiro atoms. The minimum Gasteiger partial charge on any atom is -0.481 e. The lowest BCUT2D eigenvalue weighted by molar-refractivity contribution is -0.150. The Bertz CT molecular complexity index is 581. The van der Waals surface area contributed by atoms with Crippen LogP contribution in [0.4, 0.5) is 0 Å². The van der Waals surface area contributed by atoms with Crippen molar-refractivity contribution in [3.8, 4) is 6.07 Å². The Morgan fingerprint density at radius 3 is 2.55 bits per heavy atom. The molecule has 0 atom stereocenters. The van der Waals surface area contributed by atoms with E-state index in [9.17, 15) is 9.59 Å². The number of nitrogens with zero attached hydrogens (tertiary/aromatic N) is 2. The number of hydrogen-bond donors (Lipinski definition) is 1. The van der Waals surface area contributed by atoms with Crippen molar-refractivity contribution in [2.45, 2.75) is 19.8 Å². The van der Waals surface area contributed by atoms with Crippen molar-refractivity contribution in [2.75, 3.05) is 13.1 Å². The van der Waals surface area contributed by atoms with Crippen LogP contribution in [0, 0.1) is 16.7 Å². The van der Waals surface area contributed by atoms with Crippen molar-refractivity contribution < 1.29 is 14.7 Å². The molecule has 0 bridgehead atoms. The minimum atomic E-state index is -0.809. The van der Waals surface area contributed by atoms with Crippen molar-refractivity contribution in [3.63, 3.8) is 0 Å². The highest BCUT2D eigenvalue weighted by Gasteiger charge is 2.38. The molecule has 1 aliphatic rings. The van der Waals surface area contributed by atoms with Crippen LogP contribution in [0.25, 0.3) is 0 Å². The Labute approximate surface area is 117 Å². The van der Waals surface area contributed by atoms with Crippen LogP contribution in [0.3, 0.4) is 0 Å². The van der Waals surface area contributed by atoms with Gasteiger partial charge in [0, 0.05) is 18.7 Å². The molecule has 2 rings (SSSR count). The van der Waals surface area contributed by atoms with Gasteiger partial charge in [-0.2, -0.15) is 5.26 Å². The van der Waals surface area contributed by atoms with Gasteiger partial charge in [-0.1, -0.05) is 6.07 Å². The summed E-state index contributed by atoms with van der Waals surface area (Å²) in [7, 11) is 0. The fourth-order valence-electron chi connectivity index (χ4n) is 2.32. The molecule has 0 aromatic heterocycles. The molecule has 1 heterocycles. The summed E-state index contributed by atoms with van der Waals surface area (Å²) in [5.41, 5.74) is 0.178. The van der Waals surface area contributed by atoms with Gasteiger partial charge in [-0.25, -0.2) is 0 Å². The molecule has 0 aliphatic carbocycles. The normalized spacial score (nSPS) is 17.3. The van der Waals surface area contributed by atoms with Crippen molar-refractivity contribution >= 4 is 11.9 Å². The number of carbonyl (C=O) groups excluding carboxylic acids is 1. The fraction of sp³-hybridized carbons (Fsp3) is 0.400. The predicted molar refractivity (Wildman–Crippen MR) is 72.0 cm³/mol. The lowest BCUT2D eigenvalue weighted by atomic mass is 9.80. The molecule has 1 aromatic carbocycles. The first-order chi connectivity index (χ1) is 9.46. The molecule has 104 valence electrons. The number of aliphatic carboxylic acids is 1. The number of carbonyl (C=O) groups is 2. The van der Waals surface area contributed by atoms with Gasteiger partial charge in [-0.3, -0.25) is 9.59 Å². The Morgan fingerprint density at radius 2 is 2.00 bits per heavy atom. The van der Waals surface area contributed by atoms with Gasteiger partial charge in [0.1, 0.15) is 0 Å². The number of nitriles is 1. The fourth-order valence-corrected chi connectivity index (χ4v) is 2.32. The number of hydrogen-bond acceptors (Lipinski definition) is 3. The largest absolute Gasteiger partial charge is 0.481 e. The van der Waals surface area contributed by atoms with Gasteiger partial charge in [0.25, 0.3) is 5.91 Å². The molecule has 5 nitrogen and oxygen atoms in total. The zero-order valence-electron chi connectivity index (χ0n) is 11.3. The molecule has 1 aromatic rings. The standard InChI is InChI=1S/C15H16N2O3/c1-15(14(19)20)5-7-17(8-6-15)13(18)12-4-2-3-11(9-12)10-16/h2-4,9H,5-8H2,1H3,(H,19,20). The van der Waals surface area contributed by atoms with Gasteiger partial charge in [0.15, 0.2) is 0 Å². The molecular formula is C15H16N2O3. The third-order valence-electron chi connectivity index (χ3n) is 3.91. The van der Waals surface area contributed by atoms with E-state index < -0.39 is 11.4 Å². The number of rotatable bonds is 2. The van der Waals surface area contributed by atoms with Gasteiger partial charge in [0.05, 0.1) is 17.0 Å². The van der Waals surface area contributed by atoms with E-state index in [1.165, 1.54) is 0 Å². The lowest BCUT2D eigenvalue weighted by Crippen LogP contribution is -2.45. The highest BCUT2D eigenvalue weighted by Crippen LogP contribution is 2.31. The molecule has 1 aliphatic heterocycles. The lowest BCUT2D eigenvalue weighted by Gasteiger charge is -2.36. The number of amides is 1. The second-order valence-corrected chi connectivity index (χ2v) is 5.35. The molecule has 1 fully saturated rings. The van der Waals surface area contributed by atoms with E-state index in [0.717, 1.165) is 0 Å². The summed E-state index contributed by atoms with van der Waals surface area (Å²) in [4.78, 5) is 25.1. The minimum absolute atomic E-state index is 0.144. The summed E-state index contributed by atoms with van der Waals surface area (Å²) in [6, 6.07) is 8.57.